The molecule has 0 unspecified atom stereocenters. The lowest BCUT2D eigenvalue weighted by Crippen LogP contribution is -2.18. The number of rotatable bonds is 13. The van der Waals surface area contributed by atoms with Gasteiger partial charge < -0.3 is 20.0 Å². The van der Waals surface area contributed by atoms with E-state index in [1.807, 2.05) is 36.4 Å². The molecule has 0 bridgehead atoms. The maximum Gasteiger partial charge on any atom is 0.0482 e. The van der Waals surface area contributed by atoms with Crippen LogP contribution in [-0.2, 0) is 21.7 Å². The highest BCUT2D eigenvalue weighted by molar-refractivity contribution is 9.10. The second kappa shape index (κ2) is 33.6. The molecule has 4 aliphatic rings. The Morgan fingerprint density at radius 3 is 0.955 bits per heavy atom. The summed E-state index contributed by atoms with van der Waals surface area (Å²) in [5, 5.41) is 15.8. The normalized spacial score (nSPS) is 13.6. The number of hydrogen-bond acceptors (Lipinski definition) is 4. The van der Waals surface area contributed by atoms with Gasteiger partial charge in [-0.2, -0.15) is 0 Å². The highest BCUT2D eigenvalue weighted by Gasteiger charge is 2.43. The molecule has 0 fully saturated rings. The Bertz CT molecular complexity index is 7910. The zero-order valence-electron chi connectivity index (χ0n) is 74.4. The van der Waals surface area contributed by atoms with Gasteiger partial charge in [-0.15, -0.1) is 0 Å². The number of fused-ring (bicyclic) bond motifs is 22. The molecule has 1 N–H and O–H groups in total. The van der Waals surface area contributed by atoms with Gasteiger partial charge in [0, 0.05) is 98.7 Å². The average molecular weight is 1810 g/mol. The summed E-state index contributed by atoms with van der Waals surface area (Å²) in [6.45, 7) is 19.0. The Labute approximate surface area is 793 Å². The topological polar surface area (TPSA) is 21.8 Å². The molecule has 0 aliphatic heterocycles. The maximum absolute atomic E-state index is 6.80. The predicted molar refractivity (Wildman–Crippen MR) is 569 cm³/mol. The molecule has 20 aromatic rings. The number of nitrogens with zero attached hydrogens (tertiary/aromatic N) is 3. The molecule has 640 valence electrons. The Morgan fingerprint density at radius 2 is 0.515 bits per heavy atom. The summed E-state index contributed by atoms with van der Waals surface area (Å²) >= 11 is 15.7. The van der Waals surface area contributed by atoms with Crippen LogP contribution in [0.15, 0.2) is 429 Å². The van der Waals surface area contributed by atoms with E-state index in [4.69, 9.17) is 23.2 Å². The molecule has 0 radical (unpaired) electrons. The molecule has 24 rings (SSSR count). The molecule has 0 heterocycles. The van der Waals surface area contributed by atoms with E-state index in [2.05, 4.69) is 480 Å². The van der Waals surface area contributed by atoms with E-state index in [0.29, 0.717) is 5.02 Å². The summed E-state index contributed by atoms with van der Waals surface area (Å²) in [4.78, 5) is 7.19. The van der Waals surface area contributed by atoms with Gasteiger partial charge in [0.25, 0.3) is 0 Å². The van der Waals surface area contributed by atoms with E-state index in [9.17, 15) is 0 Å². The van der Waals surface area contributed by atoms with E-state index >= 15 is 0 Å². The van der Waals surface area contributed by atoms with Gasteiger partial charge in [-0.3, -0.25) is 0 Å². The van der Waals surface area contributed by atoms with Gasteiger partial charge in [-0.25, -0.2) is 0 Å². The van der Waals surface area contributed by atoms with Crippen molar-refractivity contribution in [1.29, 1.82) is 0 Å². The number of halogens is 3. The fourth-order valence-electron chi connectivity index (χ4n) is 21.8. The minimum atomic E-state index is -0.251. The van der Waals surface area contributed by atoms with Crippen molar-refractivity contribution in [3.63, 3.8) is 0 Å². The Balaban J connectivity index is 0.000000146. The van der Waals surface area contributed by atoms with Crippen molar-refractivity contribution in [1.82, 2.24) is 0 Å². The van der Waals surface area contributed by atoms with E-state index in [-0.39, 0.29) is 29.1 Å². The quantitative estimate of drug-likeness (QED) is 0.116. The third kappa shape index (κ3) is 14.5. The first kappa shape index (κ1) is 84.5. The molecular formula is C125H99BrCl2N4. The average Bonchev–Trinajstić information content (AvgIpc) is 1.54. The van der Waals surface area contributed by atoms with Crippen LogP contribution in [-0.4, -0.2) is 0 Å². The molecular weight excluding hydrogens is 1710 g/mol. The highest BCUT2D eigenvalue weighted by atomic mass is 79.9. The van der Waals surface area contributed by atoms with Gasteiger partial charge in [0.05, 0.1) is 0 Å². The predicted octanol–water partition coefficient (Wildman–Crippen LogP) is 37.1. The van der Waals surface area contributed by atoms with E-state index in [0.717, 1.165) is 72.1 Å². The molecule has 4 aliphatic carbocycles. The van der Waals surface area contributed by atoms with E-state index in [1.165, 1.54) is 154 Å². The lowest BCUT2D eigenvalue weighted by Gasteiger charge is -2.31. The van der Waals surface area contributed by atoms with Crippen LogP contribution in [0.1, 0.15) is 107 Å². The van der Waals surface area contributed by atoms with Crippen LogP contribution in [0.2, 0.25) is 10.0 Å². The number of nitrogens with one attached hydrogen (secondary N) is 1. The highest BCUT2D eigenvalue weighted by Crippen LogP contribution is 2.60. The summed E-state index contributed by atoms with van der Waals surface area (Å²) in [6.07, 6.45) is 0. The minimum absolute atomic E-state index is 0. The third-order valence-electron chi connectivity index (χ3n) is 28.0. The van der Waals surface area contributed by atoms with Crippen LogP contribution in [0.5, 0.6) is 0 Å². The van der Waals surface area contributed by atoms with Crippen molar-refractivity contribution >= 4 is 145 Å². The minimum Gasteiger partial charge on any atom is -0.355 e. The summed E-state index contributed by atoms with van der Waals surface area (Å²) < 4.78 is 1.02. The van der Waals surface area contributed by atoms with Gasteiger partial charge in [0.1, 0.15) is 0 Å². The van der Waals surface area contributed by atoms with Crippen LogP contribution in [0.3, 0.4) is 0 Å². The smallest absolute Gasteiger partial charge is 0.0482 e. The molecule has 0 amide bonds. The molecule has 0 saturated heterocycles. The molecule has 20 aromatic carbocycles. The Hall–Kier alpha value is -14.3. The molecule has 4 nitrogen and oxygen atoms in total. The molecule has 7 heteroatoms. The summed E-state index contributed by atoms with van der Waals surface area (Å²) in [6, 6.07) is 154. The van der Waals surface area contributed by atoms with Gasteiger partial charge in [-0.1, -0.05) is 381 Å². The van der Waals surface area contributed by atoms with Gasteiger partial charge >= 0.3 is 0 Å². The van der Waals surface area contributed by atoms with Crippen LogP contribution in [0.4, 0.5) is 62.6 Å². The number of anilines is 11. The molecule has 132 heavy (non-hydrogen) atoms. The largest absolute Gasteiger partial charge is 0.355 e. The van der Waals surface area contributed by atoms with Crippen LogP contribution < -0.4 is 20.0 Å². The van der Waals surface area contributed by atoms with E-state index in [1.54, 1.807) is 0 Å². The molecule has 0 aromatic heterocycles. The van der Waals surface area contributed by atoms with Crippen molar-refractivity contribution in [2.45, 2.75) is 84.5 Å². The fourth-order valence-corrected chi connectivity index (χ4v) is 22.7. The van der Waals surface area contributed by atoms with Crippen molar-refractivity contribution in [2.75, 3.05) is 20.0 Å². The standard InChI is InChI=1S/C62H47ClN2.C56H44N2.C6H4BrCl.CH4/c1-61(2)56-27-13-12-24-51(56)52-34-32-48(38-57(52)61)65(44-19-14-18-42(63)36-44)46-21-15-20-45(37-46)64(43-30-28-41(29-31-43)40-16-6-5-7-17-40)47-33-35-55-58(39-47)62(3,4)60-54-26-11-9-23-50(54)49-22-8-10-25-53(49)59(55)60;1-55(2)50-24-13-12-21-45(50)46-31-27-39(34-51(46)55)57-38-17-14-18-41(33-38)58(40-28-25-37(26-29-40)36-15-6-5-7-16-36)42-30-32-49-52(35-42)56(3,4)54-48-23-11-9-20-44(48)43-19-8-10-22-47(43)53(49)54;7-5-2-1-3-6(8)4-5;/h5-39H,1-4H3;5-35,57H,1-4H3;1-4H;1H4. The lowest BCUT2D eigenvalue weighted by atomic mass is 9.79. The zero-order valence-corrected chi connectivity index (χ0v) is 77.5. The van der Waals surface area contributed by atoms with Gasteiger partial charge in [0.2, 0.25) is 0 Å². The Kier molecular flexibility index (Phi) is 21.5. The molecule has 0 saturated carbocycles. The van der Waals surface area contributed by atoms with Crippen molar-refractivity contribution in [3.05, 3.63) is 484 Å². The van der Waals surface area contributed by atoms with Crippen molar-refractivity contribution in [2.24, 2.45) is 0 Å². The summed E-state index contributed by atoms with van der Waals surface area (Å²) in [7, 11) is 0. The SMILES string of the molecule is C.CC1(C)c2ccccc2-c2ccc(N(c3cccc(Cl)c3)c3cccc(N(c4ccc(-c5ccccc5)cc4)c4ccc5c(c4)C(C)(C)c4c-5c5ccccc5c5ccccc45)c3)cc21.CC1(C)c2ccccc2-c2ccc(Nc3cccc(N(c4ccc(-c5ccccc5)cc4)c4ccc5c(c4)C(C)(C)c4c-5c5ccccc5c5ccccc45)c3)cc21.Clc1cccc(Br)c1. The van der Waals surface area contributed by atoms with Gasteiger partial charge in [0.15, 0.2) is 0 Å². The molecule has 0 atom stereocenters. The van der Waals surface area contributed by atoms with Crippen molar-refractivity contribution in [3.8, 4) is 66.8 Å². The second-order valence-electron chi connectivity index (χ2n) is 37.2. The van der Waals surface area contributed by atoms with Crippen molar-refractivity contribution < 1.29 is 0 Å². The number of benzene rings is 20. The number of hydrogen-bond donors (Lipinski definition) is 1. The monoisotopic (exact) mass is 1800 g/mol. The second-order valence-corrected chi connectivity index (χ2v) is 39.0. The first-order chi connectivity index (χ1) is 63.7. The zero-order chi connectivity index (χ0) is 89.2. The Morgan fingerprint density at radius 1 is 0.212 bits per heavy atom. The van der Waals surface area contributed by atoms with Crippen LogP contribution in [0, 0.1) is 0 Å². The first-order valence-electron chi connectivity index (χ1n) is 45.2. The summed E-state index contributed by atoms with van der Waals surface area (Å²) in [5.41, 5.74) is 37.5. The van der Waals surface area contributed by atoms with Crippen LogP contribution in [0.25, 0.3) is 110 Å². The lowest BCUT2D eigenvalue weighted by molar-refractivity contribution is 0.660. The third-order valence-corrected chi connectivity index (χ3v) is 29.0. The maximum atomic E-state index is 6.80. The van der Waals surface area contributed by atoms with Gasteiger partial charge in [-0.05, 0) is 300 Å². The van der Waals surface area contributed by atoms with E-state index < -0.39 is 0 Å². The van der Waals surface area contributed by atoms with Crippen LogP contribution >= 0.6 is 39.1 Å². The first-order valence-corrected chi connectivity index (χ1v) is 46.8. The molecule has 0 spiro atoms. The fraction of sp³-hybridized carbons (Fsp3) is 0.104. The summed E-state index contributed by atoms with van der Waals surface area (Å²) in [5.74, 6) is 0.